The third kappa shape index (κ3) is 3.02. The molecular weight excluding hydrogens is 265 g/mol. The maximum atomic E-state index is 8.57. The van der Waals surface area contributed by atoms with E-state index in [9.17, 15) is 0 Å². The van der Waals surface area contributed by atoms with Gasteiger partial charge in [0, 0.05) is 0 Å². The fraction of sp³-hybridized carbons (Fsp3) is 0.500. The van der Waals surface area contributed by atoms with Crippen LogP contribution in [-0.4, -0.2) is 21.0 Å². The normalized spacial score (nSPS) is 24.8. The van der Waals surface area contributed by atoms with Crippen LogP contribution in [0.5, 0.6) is 0 Å². The fourth-order valence-corrected chi connectivity index (χ4v) is 4.81. The molecule has 0 amide bonds. The van der Waals surface area contributed by atoms with E-state index in [1.54, 1.807) is 0 Å². The summed E-state index contributed by atoms with van der Waals surface area (Å²) in [6, 6.07) is 10.8. The molecule has 0 saturated heterocycles. The van der Waals surface area contributed by atoms with Gasteiger partial charge in [0.1, 0.15) is 0 Å². The van der Waals surface area contributed by atoms with Crippen molar-refractivity contribution in [2.75, 3.05) is 0 Å². The van der Waals surface area contributed by atoms with Crippen LogP contribution < -0.4 is 4.46 Å². The first-order valence-corrected chi connectivity index (χ1v) is 7.50. The summed E-state index contributed by atoms with van der Waals surface area (Å²) in [6.07, 6.45) is 4.80. The second-order valence-corrected chi connectivity index (χ2v) is 6.78. The molecule has 0 radical (unpaired) electrons. The molecule has 0 aliphatic heterocycles. The Kier molecular flexibility index (Phi) is 4.29. The second-order valence-electron chi connectivity index (χ2n) is 4.03. The number of hydrogen-bond donors (Lipinski definition) is 0. The molecule has 2 rings (SSSR count). The van der Waals surface area contributed by atoms with Gasteiger partial charge in [0.25, 0.3) is 0 Å². The Hall–Kier alpha value is -0.951. The van der Waals surface area contributed by atoms with E-state index in [4.69, 9.17) is 5.53 Å². The van der Waals surface area contributed by atoms with Gasteiger partial charge in [-0.25, -0.2) is 0 Å². The van der Waals surface area contributed by atoms with Gasteiger partial charge in [-0.05, 0) is 0 Å². The first kappa shape index (κ1) is 11.5. The van der Waals surface area contributed by atoms with Crippen molar-refractivity contribution in [2.24, 2.45) is 5.11 Å². The molecule has 1 fully saturated rings. The predicted octanol–water partition coefficient (Wildman–Crippen LogP) is 3.06. The summed E-state index contributed by atoms with van der Waals surface area (Å²) in [5.74, 6) is 0. The van der Waals surface area contributed by atoms with Crippen LogP contribution >= 0.6 is 0 Å². The topological polar surface area (TPSA) is 48.8 Å². The summed E-state index contributed by atoms with van der Waals surface area (Å²) < 4.78 is 1.42. The van der Waals surface area contributed by atoms with Crippen LogP contribution in [0.1, 0.15) is 25.7 Å². The fourth-order valence-electron chi connectivity index (χ4n) is 2.09. The SMILES string of the molecule is [N-]=[N+]=N[C@@H]1CCCC[C@H]1[Se]c1ccccc1. The van der Waals surface area contributed by atoms with Crippen molar-refractivity contribution < 1.29 is 0 Å². The minimum atomic E-state index is 0.235. The number of benzene rings is 1. The van der Waals surface area contributed by atoms with Crippen LogP contribution in [0.3, 0.4) is 0 Å². The van der Waals surface area contributed by atoms with Gasteiger partial charge < -0.3 is 0 Å². The zero-order chi connectivity index (χ0) is 11.2. The Morgan fingerprint density at radius 2 is 1.94 bits per heavy atom. The van der Waals surface area contributed by atoms with Crippen molar-refractivity contribution in [2.45, 2.75) is 36.5 Å². The van der Waals surface area contributed by atoms with E-state index in [1.165, 1.54) is 23.7 Å². The van der Waals surface area contributed by atoms with Gasteiger partial charge in [0.2, 0.25) is 0 Å². The number of nitrogens with zero attached hydrogens (tertiary/aromatic N) is 3. The molecule has 0 aromatic heterocycles. The summed E-state index contributed by atoms with van der Waals surface area (Å²) in [5, 5.41) is 3.96. The van der Waals surface area contributed by atoms with Crippen molar-refractivity contribution in [3.8, 4) is 0 Å². The van der Waals surface area contributed by atoms with E-state index in [0.29, 0.717) is 19.8 Å². The second kappa shape index (κ2) is 5.95. The van der Waals surface area contributed by atoms with Crippen molar-refractivity contribution >= 4 is 19.4 Å². The Bertz CT molecular complexity index is 373. The molecule has 0 unspecified atom stereocenters. The molecule has 3 nitrogen and oxygen atoms in total. The molecule has 16 heavy (non-hydrogen) atoms. The molecule has 1 aromatic rings. The van der Waals surface area contributed by atoms with Gasteiger partial charge in [-0.1, -0.05) is 0 Å². The van der Waals surface area contributed by atoms with E-state index in [1.807, 2.05) is 6.07 Å². The molecule has 0 spiro atoms. The molecule has 1 saturated carbocycles. The van der Waals surface area contributed by atoms with Crippen molar-refractivity contribution in [3.63, 3.8) is 0 Å². The van der Waals surface area contributed by atoms with Crippen molar-refractivity contribution in [1.29, 1.82) is 0 Å². The molecule has 84 valence electrons. The van der Waals surface area contributed by atoms with Crippen LogP contribution in [0.4, 0.5) is 0 Å². The quantitative estimate of drug-likeness (QED) is 0.353. The van der Waals surface area contributed by atoms with Gasteiger partial charge in [-0.2, -0.15) is 0 Å². The zero-order valence-electron chi connectivity index (χ0n) is 9.12. The van der Waals surface area contributed by atoms with Gasteiger partial charge in [0.15, 0.2) is 0 Å². The van der Waals surface area contributed by atoms with E-state index >= 15 is 0 Å². The average Bonchev–Trinajstić information content (AvgIpc) is 2.33. The van der Waals surface area contributed by atoms with Crippen LogP contribution in [0, 0.1) is 0 Å². The Balaban J connectivity index is 2.04. The molecule has 2 atom stereocenters. The van der Waals surface area contributed by atoms with Crippen LogP contribution in [0.2, 0.25) is 4.82 Å². The first-order valence-electron chi connectivity index (χ1n) is 5.66. The molecule has 1 aromatic carbocycles. The van der Waals surface area contributed by atoms with Crippen LogP contribution in [0.15, 0.2) is 35.4 Å². The van der Waals surface area contributed by atoms with Crippen LogP contribution in [0.25, 0.3) is 10.4 Å². The Labute approximate surface area is 102 Å². The third-order valence-corrected chi connectivity index (χ3v) is 5.83. The monoisotopic (exact) mass is 281 g/mol. The predicted molar refractivity (Wildman–Crippen MR) is 67.0 cm³/mol. The van der Waals surface area contributed by atoms with E-state index in [2.05, 4.69) is 34.3 Å². The Morgan fingerprint density at radius 3 is 2.69 bits per heavy atom. The standard InChI is InChI=1S/C12H15N3Se/c13-15-14-11-8-4-5-9-12(11)16-10-6-2-1-3-7-10/h1-3,6-7,11-12H,4-5,8-9H2/t11-,12-/m1/s1. The molecule has 0 heterocycles. The maximum absolute atomic E-state index is 8.57. The van der Waals surface area contributed by atoms with Crippen LogP contribution in [-0.2, 0) is 0 Å². The molecule has 0 N–H and O–H groups in total. The summed E-state index contributed by atoms with van der Waals surface area (Å²) >= 11 is 0.445. The summed E-state index contributed by atoms with van der Waals surface area (Å²) in [6.45, 7) is 0. The Morgan fingerprint density at radius 1 is 1.19 bits per heavy atom. The van der Waals surface area contributed by atoms with Gasteiger partial charge in [-0.3, -0.25) is 0 Å². The van der Waals surface area contributed by atoms with E-state index < -0.39 is 0 Å². The minimum absolute atomic E-state index is 0.235. The van der Waals surface area contributed by atoms with E-state index in [-0.39, 0.29) is 6.04 Å². The number of hydrogen-bond acceptors (Lipinski definition) is 1. The summed E-state index contributed by atoms with van der Waals surface area (Å²) in [4.78, 5) is 3.58. The number of azide groups is 1. The third-order valence-electron chi connectivity index (χ3n) is 2.90. The van der Waals surface area contributed by atoms with Gasteiger partial charge in [0.05, 0.1) is 0 Å². The van der Waals surface area contributed by atoms with Crippen molar-refractivity contribution in [3.05, 3.63) is 40.8 Å². The summed E-state index contributed by atoms with van der Waals surface area (Å²) in [7, 11) is 0. The molecule has 0 bridgehead atoms. The molecule has 1 aliphatic rings. The first-order chi connectivity index (χ1) is 7.90. The van der Waals surface area contributed by atoms with Gasteiger partial charge in [-0.15, -0.1) is 0 Å². The van der Waals surface area contributed by atoms with Gasteiger partial charge >= 0.3 is 102 Å². The number of rotatable bonds is 3. The van der Waals surface area contributed by atoms with Crippen molar-refractivity contribution in [1.82, 2.24) is 0 Å². The van der Waals surface area contributed by atoms with E-state index in [0.717, 1.165) is 6.42 Å². The average molecular weight is 280 g/mol. The molecule has 4 heteroatoms. The molecule has 1 aliphatic carbocycles. The summed E-state index contributed by atoms with van der Waals surface area (Å²) in [5.41, 5.74) is 8.57. The zero-order valence-corrected chi connectivity index (χ0v) is 10.8. The molecular formula is C12H15N3Se.